The van der Waals surface area contributed by atoms with Crippen LogP contribution in [0.25, 0.3) is 11.0 Å². The van der Waals surface area contributed by atoms with Crippen molar-refractivity contribution in [3.8, 4) is 0 Å². The lowest BCUT2D eigenvalue weighted by atomic mass is 10.1. The number of nitrogens with two attached hydrogens (primary N) is 1. The van der Waals surface area contributed by atoms with Crippen LogP contribution in [-0.2, 0) is 7.05 Å². The predicted octanol–water partition coefficient (Wildman–Crippen LogP) is 2.21. The summed E-state index contributed by atoms with van der Waals surface area (Å²) in [4.78, 5) is 4.06. The first-order valence-electron chi connectivity index (χ1n) is 5.46. The van der Waals surface area contributed by atoms with Crippen LogP contribution >= 0.6 is 0 Å². The van der Waals surface area contributed by atoms with Gasteiger partial charge in [-0.05, 0) is 12.1 Å². The van der Waals surface area contributed by atoms with Gasteiger partial charge in [-0.15, -0.1) is 0 Å². The summed E-state index contributed by atoms with van der Waals surface area (Å²) < 4.78 is 7.64. The third-order valence-electron chi connectivity index (χ3n) is 2.92. The van der Waals surface area contributed by atoms with Crippen molar-refractivity contribution in [2.75, 3.05) is 0 Å². The van der Waals surface area contributed by atoms with Gasteiger partial charge in [0, 0.05) is 12.4 Å². The molecule has 2 heterocycles. The van der Waals surface area contributed by atoms with Gasteiger partial charge in [0.25, 0.3) is 0 Å². The standard InChI is InChI=1S/C13H13N3O/c1-16-8-15-7-10(16)13(14)12-6-9-4-2-3-5-11(9)17-12/h2-8,13H,14H2,1H3. The highest BCUT2D eigenvalue weighted by Crippen LogP contribution is 2.26. The molecule has 4 nitrogen and oxygen atoms in total. The molecule has 0 saturated carbocycles. The maximum absolute atomic E-state index is 6.17. The second-order valence-electron chi connectivity index (χ2n) is 4.09. The number of imidazole rings is 1. The summed E-state index contributed by atoms with van der Waals surface area (Å²) in [6.45, 7) is 0. The Morgan fingerprint density at radius 1 is 1.35 bits per heavy atom. The van der Waals surface area contributed by atoms with Gasteiger partial charge in [0.1, 0.15) is 17.4 Å². The molecule has 0 aliphatic carbocycles. The highest BCUT2D eigenvalue weighted by Gasteiger charge is 2.16. The third kappa shape index (κ3) is 1.62. The minimum absolute atomic E-state index is 0.283. The molecule has 1 atom stereocenters. The van der Waals surface area contributed by atoms with Gasteiger partial charge in [-0.3, -0.25) is 0 Å². The second-order valence-corrected chi connectivity index (χ2v) is 4.09. The maximum atomic E-state index is 6.17. The van der Waals surface area contributed by atoms with Crippen molar-refractivity contribution in [2.45, 2.75) is 6.04 Å². The summed E-state index contributed by atoms with van der Waals surface area (Å²) >= 11 is 0. The normalized spacial score (nSPS) is 13.1. The molecule has 0 spiro atoms. The summed E-state index contributed by atoms with van der Waals surface area (Å²) in [6, 6.07) is 9.58. The quantitative estimate of drug-likeness (QED) is 0.730. The molecule has 3 aromatic rings. The topological polar surface area (TPSA) is 57.0 Å². The molecule has 0 radical (unpaired) electrons. The Morgan fingerprint density at radius 2 is 2.18 bits per heavy atom. The fourth-order valence-electron chi connectivity index (χ4n) is 1.97. The molecule has 4 heteroatoms. The number of nitrogens with zero attached hydrogens (tertiary/aromatic N) is 2. The highest BCUT2D eigenvalue weighted by molar-refractivity contribution is 5.77. The van der Waals surface area contributed by atoms with E-state index in [9.17, 15) is 0 Å². The van der Waals surface area contributed by atoms with Gasteiger partial charge >= 0.3 is 0 Å². The van der Waals surface area contributed by atoms with Crippen molar-refractivity contribution < 1.29 is 4.42 Å². The molecular formula is C13H13N3O. The molecule has 2 N–H and O–H groups in total. The van der Waals surface area contributed by atoms with E-state index in [1.165, 1.54) is 0 Å². The monoisotopic (exact) mass is 227 g/mol. The number of hydrogen-bond acceptors (Lipinski definition) is 3. The molecule has 86 valence electrons. The van der Waals surface area contributed by atoms with E-state index in [1.807, 2.05) is 41.9 Å². The van der Waals surface area contributed by atoms with Gasteiger partial charge < -0.3 is 14.7 Å². The van der Waals surface area contributed by atoms with E-state index < -0.39 is 0 Å². The van der Waals surface area contributed by atoms with Crippen LogP contribution in [0.1, 0.15) is 17.5 Å². The molecule has 2 aromatic heterocycles. The van der Waals surface area contributed by atoms with Crippen molar-refractivity contribution in [3.63, 3.8) is 0 Å². The zero-order valence-electron chi connectivity index (χ0n) is 9.50. The minimum atomic E-state index is -0.283. The van der Waals surface area contributed by atoms with Crippen LogP contribution in [0.5, 0.6) is 0 Å². The number of aromatic nitrogens is 2. The Balaban J connectivity index is 2.07. The van der Waals surface area contributed by atoms with E-state index in [0.29, 0.717) is 0 Å². The molecule has 17 heavy (non-hydrogen) atoms. The van der Waals surface area contributed by atoms with E-state index >= 15 is 0 Å². The number of fused-ring (bicyclic) bond motifs is 1. The van der Waals surface area contributed by atoms with E-state index in [0.717, 1.165) is 22.4 Å². The first kappa shape index (κ1) is 10.1. The van der Waals surface area contributed by atoms with E-state index in [1.54, 1.807) is 12.5 Å². The predicted molar refractivity (Wildman–Crippen MR) is 65.5 cm³/mol. The Labute approximate surface area is 98.7 Å². The second kappa shape index (κ2) is 3.75. The average Bonchev–Trinajstić information content (AvgIpc) is 2.93. The van der Waals surface area contributed by atoms with Crippen LogP contribution in [0.3, 0.4) is 0 Å². The Kier molecular flexibility index (Phi) is 2.23. The van der Waals surface area contributed by atoms with E-state index in [4.69, 9.17) is 10.2 Å². The first-order chi connectivity index (χ1) is 8.25. The maximum Gasteiger partial charge on any atom is 0.134 e. The van der Waals surface area contributed by atoms with Crippen LogP contribution in [-0.4, -0.2) is 9.55 Å². The zero-order valence-corrected chi connectivity index (χ0v) is 9.50. The zero-order chi connectivity index (χ0) is 11.8. The Hall–Kier alpha value is -2.07. The Bertz CT molecular complexity index is 620. The number of aryl methyl sites for hydroxylation is 1. The molecule has 3 rings (SSSR count). The third-order valence-corrected chi connectivity index (χ3v) is 2.92. The number of furan rings is 1. The minimum Gasteiger partial charge on any atom is -0.459 e. The van der Waals surface area contributed by atoms with Gasteiger partial charge in [-0.2, -0.15) is 0 Å². The lowest BCUT2D eigenvalue weighted by Crippen LogP contribution is -2.14. The molecule has 0 amide bonds. The lowest BCUT2D eigenvalue weighted by molar-refractivity contribution is 0.515. The molecule has 0 saturated heterocycles. The number of para-hydroxylation sites is 1. The van der Waals surface area contributed by atoms with E-state index in [-0.39, 0.29) is 6.04 Å². The summed E-state index contributed by atoms with van der Waals surface area (Å²) in [5.74, 6) is 0.759. The molecule has 1 aromatic carbocycles. The van der Waals surface area contributed by atoms with Crippen LogP contribution in [0.2, 0.25) is 0 Å². The highest BCUT2D eigenvalue weighted by atomic mass is 16.3. The molecule has 0 bridgehead atoms. The first-order valence-corrected chi connectivity index (χ1v) is 5.46. The van der Waals surface area contributed by atoms with Crippen molar-refractivity contribution in [1.29, 1.82) is 0 Å². The Morgan fingerprint density at radius 3 is 2.88 bits per heavy atom. The fraction of sp³-hybridized carbons (Fsp3) is 0.154. The van der Waals surface area contributed by atoms with Crippen molar-refractivity contribution in [2.24, 2.45) is 12.8 Å². The van der Waals surface area contributed by atoms with Crippen LogP contribution in [0, 0.1) is 0 Å². The van der Waals surface area contributed by atoms with Crippen molar-refractivity contribution in [1.82, 2.24) is 9.55 Å². The van der Waals surface area contributed by atoms with Crippen molar-refractivity contribution >= 4 is 11.0 Å². The number of benzene rings is 1. The van der Waals surface area contributed by atoms with Gasteiger partial charge in [0.05, 0.1) is 18.2 Å². The summed E-state index contributed by atoms with van der Waals surface area (Å²) in [6.07, 6.45) is 3.50. The largest absolute Gasteiger partial charge is 0.459 e. The van der Waals surface area contributed by atoms with Crippen LogP contribution < -0.4 is 5.73 Å². The molecule has 0 aliphatic heterocycles. The molecule has 0 fully saturated rings. The fourth-order valence-corrected chi connectivity index (χ4v) is 1.97. The number of rotatable bonds is 2. The van der Waals surface area contributed by atoms with E-state index in [2.05, 4.69) is 4.98 Å². The summed E-state index contributed by atoms with van der Waals surface area (Å²) in [7, 11) is 1.92. The van der Waals surface area contributed by atoms with Crippen LogP contribution in [0.15, 0.2) is 47.3 Å². The summed E-state index contributed by atoms with van der Waals surface area (Å²) in [5, 5.41) is 1.07. The molecule has 1 unspecified atom stereocenters. The number of hydrogen-bond donors (Lipinski definition) is 1. The SMILES string of the molecule is Cn1cncc1C(N)c1cc2ccccc2o1. The van der Waals surface area contributed by atoms with Crippen LogP contribution in [0.4, 0.5) is 0 Å². The van der Waals surface area contributed by atoms with Gasteiger partial charge in [0.2, 0.25) is 0 Å². The van der Waals surface area contributed by atoms with Gasteiger partial charge in [-0.1, -0.05) is 18.2 Å². The summed E-state index contributed by atoms with van der Waals surface area (Å²) in [5.41, 5.74) is 7.97. The molecular weight excluding hydrogens is 214 g/mol. The van der Waals surface area contributed by atoms with Gasteiger partial charge in [0.15, 0.2) is 0 Å². The van der Waals surface area contributed by atoms with Crippen molar-refractivity contribution in [3.05, 3.63) is 54.3 Å². The lowest BCUT2D eigenvalue weighted by Gasteiger charge is -2.08. The van der Waals surface area contributed by atoms with Gasteiger partial charge in [-0.25, -0.2) is 4.98 Å². The molecule has 0 aliphatic rings. The average molecular weight is 227 g/mol. The smallest absolute Gasteiger partial charge is 0.134 e.